The van der Waals surface area contributed by atoms with E-state index in [1.165, 1.54) is 6.92 Å². The number of unbranched alkanes of at least 4 members (excludes halogenated alkanes) is 7. The average molecular weight is 1910 g/mol. The molecule has 131 heavy (non-hydrogen) atoms. The first-order valence-corrected chi connectivity index (χ1v) is 47.5. The lowest BCUT2D eigenvalue weighted by Crippen LogP contribution is -2.65. The molecule has 0 bridgehead atoms. The summed E-state index contributed by atoms with van der Waals surface area (Å²) in [6.07, 6.45) is -14.2. The van der Waals surface area contributed by atoms with E-state index in [0.29, 0.717) is 43.6 Å². The molecule has 6 fully saturated rings. The molecule has 21 N–H and O–H groups in total. The van der Waals surface area contributed by atoms with Crippen LogP contribution < -0.4 is 53.2 Å². The highest BCUT2D eigenvalue weighted by atomic mass is 31.2. The Hall–Kier alpha value is -6.39. The number of carbonyl (C=O) groups is 10. The first-order valence-electron chi connectivity index (χ1n) is 46.0. The van der Waals surface area contributed by atoms with Crippen LogP contribution >= 0.6 is 7.82 Å². The van der Waals surface area contributed by atoms with Gasteiger partial charge in [0, 0.05) is 98.7 Å². The number of rotatable bonds is 58. The zero-order chi connectivity index (χ0) is 96.3. The van der Waals surface area contributed by atoms with Gasteiger partial charge in [0.15, 0.2) is 6.29 Å². The first-order chi connectivity index (χ1) is 62.4. The number of β-amino-alcohol motifs (C(OH)–C–C–N with tert-alkyl or cyclic N) is 1. The zero-order valence-corrected chi connectivity index (χ0v) is 77.7. The van der Waals surface area contributed by atoms with Crippen molar-refractivity contribution in [2.75, 3.05) is 132 Å². The topological polar surface area (TPSA) is 654 Å². The van der Waals surface area contributed by atoms with E-state index >= 15 is 0 Å². The van der Waals surface area contributed by atoms with Crippen LogP contribution in [0.5, 0.6) is 0 Å². The fourth-order valence-corrected chi connectivity index (χ4v) is 17.7. The average Bonchev–Trinajstić information content (AvgIpc) is 1.43. The van der Waals surface area contributed by atoms with Crippen molar-refractivity contribution in [3.8, 4) is 0 Å². The molecule has 1 aliphatic carbocycles. The van der Waals surface area contributed by atoms with Gasteiger partial charge in [-0.05, 0) is 80.6 Å². The molecule has 5 aliphatic heterocycles. The van der Waals surface area contributed by atoms with E-state index in [4.69, 9.17) is 61.2 Å². The van der Waals surface area contributed by atoms with E-state index in [-0.39, 0.29) is 180 Å². The monoisotopic (exact) mass is 1900 g/mol. The Morgan fingerprint density at radius 1 is 0.489 bits per heavy atom. The fourth-order valence-electron chi connectivity index (χ4n) is 16.8. The summed E-state index contributed by atoms with van der Waals surface area (Å²) in [4.78, 5) is 140. The van der Waals surface area contributed by atoms with Crippen LogP contribution in [0.3, 0.4) is 0 Å². The Morgan fingerprint density at radius 2 is 0.931 bits per heavy atom. The number of aliphatic hydroxyl groups is 10. The SMILES string of the molecule is CC(=O)N[C@H]1[C@H](OCNCCCNC(=O)CCO[C@H]2[C@H](OCCC(=O)NCCCNC(=O)O[C@@H]3O[C@H](CO)[C@H](O)[C@H](O)[C@H]3NC(C)=O)[C@@H](OCCC(=O)NCCCNC(=O)O[C@@H]3O[C@H](CO)[C@H](O)[C@H](O)[C@H]3NC(C)=O)CO[C@@H]2COCCNC(=O)CCCCCCCCCCC(=O)N2C[C@H](O)C[C@H]2COP(=O)(O)OCC(C)[C@]2(C)CC(C)CCC(C)C2C)O[C@H](CO)[C@H](O)[C@@H]1O. The van der Waals surface area contributed by atoms with Crippen LogP contribution in [0.2, 0.25) is 0 Å². The van der Waals surface area contributed by atoms with Crippen LogP contribution in [-0.2, 0) is 104 Å². The van der Waals surface area contributed by atoms with Gasteiger partial charge in [0.25, 0.3) is 0 Å². The van der Waals surface area contributed by atoms with Crippen molar-refractivity contribution in [3.05, 3.63) is 0 Å². The van der Waals surface area contributed by atoms with Gasteiger partial charge in [0.1, 0.15) is 97.5 Å². The molecule has 0 radical (unpaired) electrons. The Morgan fingerprint density at radius 3 is 1.44 bits per heavy atom. The number of amides is 10. The molecule has 5 heterocycles. The molecule has 5 unspecified atom stereocenters. The Bertz CT molecular complexity index is 3490. The maximum Gasteiger partial charge on any atom is 0.472 e. The summed E-state index contributed by atoms with van der Waals surface area (Å²) >= 11 is 0. The van der Waals surface area contributed by atoms with E-state index in [1.807, 2.05) is 0 Å². The van der Waals surface area contributed by atoms with Crippen LogP contribution in [0.1, 0.15) is 184 Å². The summed E-state index contributed by atoms with van der Waals surface area (Å²) < 4.78 is 88.5. The Kier molecular flexibility index (Phi) is 51.5. The third kappa shape index (κ3) is 39.3. The molecule has 10 amide bonds. The van der Waals surface area contributed by atoms with Gasteiger partial charge < -0.3 is 161 Å². The molecule has 6 rings (SSSR count). The van der Waals surface area contributed by atoms with Crippen molar-refractivity contribution in [1.82, 2.24) is 58.1 Å². The number of hydrogen-bond donors (Lipinski definition) is 21. The van der Waals surface area contributed by atoms with E-state index < -0.39 is 204 Å². The lowest BCUT2D eigenvalue weighted by molar-refractivity contribution is -0.271. The molecule has 0 aromatic heterocycles. The minimum Gasteiger partial charge on any atom is -0.417 e. The molecular weight excluding hydrogens is 1750 g/mol. The smallest absolute Gasteiger partial charge is 0.417 e. The maximum absolute atomic E-state index is 13.4. The lowest BCUT2D eigenvalue weighted by Gasteiger charge is -2.43. The van der Waals surface area contributed by atoms with E-state index in [0.717, 1.165) is 71.6 Å². The number of nitrogens with zero attached hydrogens (tertiary/aromatic N) is 1. The summed E-state index contributed by atoms with van der Waals surface area (Å²) in [7, 11) is -4.46. The highest BCUT2D eigenvalue weighted by Crippen LogP contribution is 2.52. The Balaban J connectivity index is 0.990. The van der Waals surface area contributed by atoms with Gasteiger partial charge in [0.05, 0.1) is 91.6 Å². The summed E-state index contributed by atoms with van der Waals surface area (Å²) in [5.41, 5.74) is -0.0885. The van der Waals surface area contributed by atoms with Crippen molar-refractivity contribution in [2.24, 2.45) is 29.1 Å². The molecule has 1 saturated carbocycles. The van der Waals surface area contributed by atoms with Gasteiger partial charge in [0.2, 0.25) is 59.8 Å². The van der Waals surface area contributed by atoms with Crippen molar-refractivity contribution in [3.63, 3.8) is 0 Å². The molecule has 0 spiro atoms. The predicted molar refractivity (Wildman–Crippen MR) is 461 cm³/mol. The summed E-state index contributed by atoms with van der Waals surface area (Å²) in [6.45, 7) is 11.8. The van der Waals surface area contributed by atoms with Crippen molar-refractivity contribution in [1.29, 1.82) is 0 Å². The molecular formula is C84H150N11O35P. The molecule has 0 aromatic rings. The van der Waals surface area contributed by atoms with Crippen molar-refractivity contribution >= 4 is 67.3 Å². The number of likely N-dealkylation sites (tertiary alicyclic amines) is 1. The number of phosphoric acid groups is 1. The van der Waals surface area contributed by atoms with Crippen LogP contribution in [0.25, 0.3) is 0 Å². The number of nitrogens with one attached hydrogen (secondary N) is 10. The van der Waals surface area contributed by atoms with Gasteiger partial charge >= 0.3 is 20.0 Å². The quantitative estimate of drug-likeness (QED) is 0.0124. The minimum absolute atomic E-state index is 0.00631. The van der Waals surface area contributed by atoms with Gasteiger partial charge in [-0.1, -0.05) is 86.0 Å². The lowest BCUT2D eigenvalue weighted by atomic mass is 9.63. The molecule has 27 atom stereocenters. The summed E-state index contributed by atoms with van der Waals surface area (Å²) in [5.74, 6) is -2.10. The predicted octanol–water partition coefficient (Wildman–Crippen LogP) is -3.06. The number of alkyl carbamates (subject to hydrolysis) is 2. The standard InChI is InChI=1S/C84H150N11O35P/c1-49-22-23-50(2)52(4)84(8,39-49)51(3)44-124-131(116,117)125-45-56-38-57(102)40-95(56)67(107)21-16-14-12-10-9-11-13-15-20-63(103)89-33-37-118-46-61-77(120-35-25-65(105)86-28-17-27-85-48-123-79-68(92-53(5)99)74(111)71(108)58(41-96)126-79)78(121-36-26-66(106)88-30-19-32-91-83(115)130-81-70(94-55(7)101)76(113)73(110)60(43-98)128-81)62(47-122-61)119-34-24-64(104)87-29-18-31-90-82(114)129-80-69(93-54(6)100)75(112)72(109)59(42-97)127-80/h49-52,56-62,68-81,85,96-98,102,108-113H,9-48H2,1-8H3,(H,86,105)(H,87,104)(H,88,106)(H,89,103)(H,90,114)(H,91,115)(H,92,99)(H,93,100)(H,94,101)(H,116,117)/t49?,50?,51?,52?,56-,57+,58+,59+,60+,61+,62-,68+,69+,70+,71-,72-,73-,74+,75+,76+,77+,78+,79+,80-,81-,84-/m0/s1. The number of carbonyl (C=O) groups excluding carboxylic acids is 10. The van der Waals surface area contributed by atoms with Crippen LogP contribution in [-0.4, -0.2) is 381 Å². The molecule has 756 valence electrons. The molecule has 5 saturated heterocycles. The second-order valence-electron chi connectivity index (χ2n) is 35.0. The van der Waals surface area contributed by atoms with E-state index in [9.17, 15) is 108 Å². The van der Waals surface area contributed by atoms with E-state index in [2.05, 4.69) is 87.8 Å². The molecule has 0 aromatic carbocycles. The van der Waals surface area contributed by atoms with Gasteiger partial charge in [-0.25, -0.2) is 14.2 Å². The zero-order valence-electron chi connectivity index (χ0n) is 76.8. The van der Waals surface area contributed by atoms with E-state index in [1.54, 1.807) is 4.90 Å². The van der Waals surface area contributed by atoms with Crippen LogP contribution in [0.4, 0.5) is 9.59 Å². The van der Waals surface area contributed by atoms with Crippen LogP contribution in [0.15, 0.2) is 0 Å². The number of ether oxygens (including phenoxy) is 11. The Labute approximate surface area is 765 Å². The highest BCUT2D eigenvalue weighted by Gasteiger charge is 2.51. The van der Waals surface area contributed by atoms with Gasteiger partial charge in [-0.2, -0.15) is 0 Å². The largest absolute Gasteiger partial charge is 0.472 e. The number of phosphoric ester groups is 1. The third-order valence-corrected chi connectivity index (χ3v) is 25.7. The second kappa shape index (κ2) is 59.6. The van der Waals surface area contributed by atoms with Crippen LogP contribution in [0, 0.1) is 29.1 Å². The number of aliphatic hydroxyl groups excluding tert-OH is 10. The van der Waals surface area contributed by atoms with Gasteiger partial charge in [-0.15, -0.1) is 0 Å². The third-order valence-electron chi connectivity index (χ3n) is 24.7. The summed E-state index contributed by atoms with van der Waals surface area (Å²) in [5, 5.41) is 129. The normalized spacial score (nSPS) is 31.0. The van der Waals surface area contributed by atoms with Gasteiger partial charge in [-0.3, -0.25) is 52.7 Å². The molecule has 6 aliphatic rings. The van der Waals surface area contributed by atoms with Crippen molar-refractivity contribution < 1.29 is 170 Å². The second-order valence-corrected chi connectivity index (χ2v) is 36.5. The summed E-state index contributed by atoms with van der Waals surface area (Å²) in [6, 6.07) is -4.49. The number of hydrogen-bond acceptors (Lipinski definition) is 35. The first kappa shape index (κ1) is 113. The fraction of sp³-hybridized carbons (Fsp3) is 0.881. The maximum atomic E-state index is 13.4. The minimum atomic E-state index is -4.46. The van der Waals surface area contributed by atoms with Crippen molar-refractivity contribution in [2.45, 2.75) is 312 Å². The molecule has 47 heteroatoms. The highest BCUT2D eigenvalue weighted by molar-refractivity contribution is 7.47. The molecule has 46 nitrogen and oxygen atoms in total.